The first-order valence-corrected chi connectivity index (χ1v) is 9.10. The molecule has 0 amide bonds. The van der Waals surface area contributed by atoms with Crippen LogP contribution in [0, 0.1) is 29.6 Å². The second kappa shape index (κ2) is 6.50. The zero-order valence-corrected chi connectivity index (χ0v) is 13.5. The molecule has 0 spiro atoms. The van der Waals surface area contributed by atoms with Crippen molar-refractivity contribution in [1.29, 1.82) is 0 Å². The van der Waals surface area contributed by atoms with Crippen molar-refractivity contribution < 1.29 is 0 Å². The van der Waals surface area contributed by atoms with Gasteiger partial charge in [0.2, 0.25) is 0 Å². The number of hydrogen-bond donors (Lipinski definition) is 0. The lowest BCUT2D eigenvalue weighted by atomic mass is 9.67. The molecule has 0 N–H and O–H groups in total. The van der Waals surface area contributed by atoms with Gasteiger partial charge in [0.05, 0.1) is 0 Å². The van der Waals surface area contributed by atoms with E-state index in [0.29, 0.717) is 0 Å². The molecule has 20 heavy (non-hydrogen) atoms. The first-order valence-electron chi connectivity index (χ1n) is 9.10. The van der Waals surface area contributed by atoms with Gasteiger partial charge in [-0.05, 0) is 74.5 Å². The molecule has 0 heterocycles. The second-order valence-electron chi connectivity index (χ2n) is 7.86. The minimum Gasteiger partial charge on any atom is -0.0840 e. The fourth-order valence-corrected chi connectivity index (χ4v) is 4.98. The molecule has 0 aromatic carbocycles. The van der Waals surface area contributed by atoms with Crippen molar-refractivity contribution in [2.45, 2.75) is 71.6 Å². The Morgan fingerprint density at radius 3 is 2.00 bits per heavy atom. The Morgan fingerprint density at radius 1 is 0.800 bits per heavy atom. The van der Waals surface area contributed by atoms with Gasteiger partial charge < -0.3 is 0 Å². The van der Waals surface area contributed by atoms with Crippen LogP contribution >= 0.6 is 0 Å². The molecule has 0 radical (unpaired) electrons. The highest BCUT2D eigenvalue weighted by atomic mass is 14.4. The van der Waals surface area contributed by atoms with Gasteiger partial charge in [-0.25, -0.2) is 0 Å². The number of rotatable bonds is 2. The van der Waals surface area contributed by atoms with Crippen LogP contribution in [0.2, 0.25) is 0 Å². The van der Waals surface area contributed by atoms with Crippen LogP contribution in [0.3, 0.4) is 0 Å². The summed E-state index contributed by atoms with van der Waals surface area (Å²) >= 11 is 0. The lowest BCUT2D eigenvalue weighted by Gasteiger charge is -2.39. The van der Waals surface area contributed by atoms with E-state index < -0.39 is 0 Å². The standard InChI is InChI=1S/C20H32/c1-15-7-9-17(10-8-15)18-11-13-19(14-12-18)20-6-4-3-5-16(20)2/h3-4,6,15-19H,5,7-14H2,1-2H3. The fraction of sp³-hybridized carbons (Fsp3) is 0.800. The number of allylic oxidation sites excluding steroid dienone is 4. The van der Waals surface area contributed by atoms with Crippen molar-refractivity contribution in [3.05, 3.63) is 23.8 Å². The Hall–Kier alpha value is -0.520. The van der Waals surface area contributed by atoms with Gasteiger partial charge in [-0.2, -0.15) is 0 Å². The summed E-state index contributed by atoms with van der Waals surface area (Å²) in [6.07, 6.45) is 20.4. The van der Waals surface area contributed by atoms with E-state index in [9.17, 15) is 0 Å². The van der Waals surface area contributed by atoms with Crippen molar-refractivity contribution in [2.24, 2.45) is 29.6 Å². The molecule has 0 bridgehead atoms. The van der Waals surface area contributed by atoms with Gasteiger partial charge in [-0.3, -0.25) is 0 Å². The van der Waals surface area contributed by atoms with Gasteiger partial charge in [-0.1, -0.05) is 50.5 Å². The van der Waals surface area contributed by atoms with Crippen LogP contribution < -0.4 is 0 Å². The van der Waals surface area contributed by atoms with Crippen molar-refractivity contribution in [3.8, 4) is 0 Å². The molecule has 112 valence electrons. The van der Waals surface area contributed by atoms with Crippen LogP contribution in [0.5, 0.6) is 0 Å². The Balaban J connectivity index is 1.52. The van der Waals surface area contributed by atoms with E-state index in [4.69, 9.17) is 0 Å². The first kappa shape index (κ1) is 14.4. The molecular formula is C20H32. The molecular weight excluding hydrogens is 240 g/mol. The van der Waals surface area contributed by atoms with E-state index in [-0.39, 0.29) is 0 Å². The first-order chi connectivity index (χ1) is 9.74. The second-order valence-corrected chi connectivity index (χ2v) is 7.86. The van der Waals surface area contributed by atoms with E-state index in [1.54, 1.807) is 5.57 Å². The lowest BCUT2D eigenvalue weighted by molar-refractivity contribution is 0.156. The predicted octanol–water partition coefficient (Wildman–Crippen LogP) is 6.14. The summed E-state index contributed by atoms with van der Waals surface area (Å²) < 4.78 is 0. The molecule has 0 saturated heterocycles. The molecule has 0 aromatic heterocycles. The van der Waals surface area contributed by atoms with Crippen LogP contribution in [-0.2, 0) is 0 Å². The quantitative estimate of drug-likeness (QED) is 0.566. The van der Waals surface area contributed by atoms with Crippen LogP contribution in [0.1, 0.15) is 71.6 Å². The zero-order chi connectivity index (χ0) is 13.9. The summed E-state index contributed by atoms with van der Waals surface area (Å²) in [6.45, 7) is 4.86. The molecule has 3 aliphatic carbocycles. The van der Waals surface area contributed by atoms with E-state index in [0.717, 1.165) is 29.6 Å². The summed E-state index contributed by atoms with van der Waals surface area (Å²) in [4.78, 5) is 0. The molecule has 3 rings (SSSR count). The molecule has 1 atom stereocenters. The van der Waals surface area contributed by atoms with Crippen molar-refractivity contribution in [2.75, 3.05) is 0 Å². The van der Waals surface area contributed by atoms with Crippen LogP contribution in [0.15, 0.2) is 23.8 Å². The molecule has 2 saturated carbocycles. The summed E-state index contributed by atoms with van der Waals surface area (Å²) in [5.41, 5.74) is 1.77. The van der Waals surface area contributed by atoms with E-state index in [1.165, 1.54) is 57.8 Å². The topological polar surface area (TPSA) is 0 Å². The third-order valence-electron chi connectivity index (χ3n) is 6.45. The zero-order valence-electron chi connectivity index (χ0n) is 13.5. The van der Waals surface area contributed by atoms with Crippen LogP contribution in [0.4, 0.5) is 0 Å². The third-order valence-corrected chi connectivity index (χ3v) is 6.45. The SMILES string of the molecule is CC1CCC(C2CCC(C3=CC=CCC3C)CC2)CC1. The smallest absolute Gasteiger partial charge is 0.0191 e. The summed E-state index contributed by atoms with van der Waals surface area (Å²) in [6, 6.07) is 0. The maximum Gasteiger partial charge on any atom is -0.0191 e. The monoisotopic (exact) mass is 272 g/mol. The molecule has 0 heteroatoms. The van der Waals surface area contributed by atoms with Crippen molar-refractivity contribution in [3.63, 3.8) is 0 Å². The minimum atomic E-state index is 0.803. The highest BCUT2D eigenvalue weighted by molar-refractivity contribution is 5.23. The molecule has 2 fully saturated rings. The van der Waals surface area contributed by atoms with E-state index >= 15 is 0 Å². The molecule has 1 unspecified atom stereocenters. The summed E-state index contributed by atoms with van der Waals surface area (Å²) in [5.74, 6) is 4.85. The van der Waals surface area contributed by atoms with Gasteiger partial charge >= 0.3 is 0 Å². The van der Waals surface area contributed by atoms with E-state index in [1.807, 2.05) is 0 Å². The fourth-order valence-electron chi connectivity index (χ4n) is 4.98. The molecule has 3 aliphatic rings. The van der Waals surface area contributed by atoms with E-state index in [2.05, 4.69) is 32.1 Å². The average molecular weight is 272 g/mol. The van der Waals surface area contributed by atoms with Gasteiger partial charge in [0.15, 0.2) is 0 Å². The largest absolute Gasteiger partial charge is 0.0840 e. The van der Waals surface area contributed by atoms with Crippen molar-refractivity contribution in [1.82, 2.24) is 0 Å². The Morgan fingerprint density at radius 2 is 1.40 bits per heavy atom. The molecule has 0 nitrogen and oxygen atoms in total. The Labute approximate surface area is 125 Å². The third kappa shape index (κ3) is 3.21. The van der Waals surface area contributed by atoms with Crippen LogP contribution in [-0.4, -0.2) is 0 Å². The Bertz CT molecular complexity index is 359. The van der Waals surface area contributed by atoms with Crippen LogP contribution in [0.25, 0.3) is 0 Å². The Kier molecular flexibility index (Phi) is 4.68. The summed E-state index contributed by atoms with van der Waals surface area (Å²) in [7, 11) is 0. The van der Waals surface area contributed by atoms with Gasteiger partial charge in [0.1, 0.15) is 0 Å². The van der Waals surface area contributed by atoms with Gasteiger partial charge in [0.25, 0.3) is 0 Å². The van der Waals surface area contributed by atoms with Gasteiger partial charge in [0, 0.05) is 0 Å². The normalized spacial score (nSPS) is 42.3. The predicted molar refractivity (Wildman–Crippen MR) is 87.6 cm³/mol. The maximum absolute atomic E-state index is 2.44. The highest BCUT2D eigenvalue weighted by Crippen LogP contribution is 2.44. The van der Waals surface area contributed by atoms with Gasteiger partial charge in [-0.15, -0.1) is 0 Å². The minimum absolute atomic E-state index is 0.803. The maximum atomic E-state index is 2.44. The van der Waals surface area contributed by atoms with Crippen molar-refractivity contribution >= 4 is 0 Å². The summed E-state index contributed by atoms with van der Waals surface area (Å²) in [5, 5.41) is 0. The lowest BCUT2D eigenvalue weighted by Crippen LogP contribution is -2.26. The average Bonchev–Trinajstić information content (AvgIpc) is 2.49. The molecule has 0 aromatic rings. The highest BCUT2D eigenvalue weighted by Gasteiger charge is 2.31. The molecule has 0 aliphatic heterocycles. The number of hydrogen-bond acceptors (Lipinski definition) is 0.